The fourth-order valence-electron chi connectivity index (χ4n) is 2.19. The number of H-pyrrole nitrogens is 1. The summed E-state index contributed by atoms with van der Waals surface area (Å²) in [4.78, 5) is 5.32. The highest BCUT2D eigenvalue weighted by Crippen LogP contribution is 2.18. The Hall–Kier alpha value is -1.64. The Morgan fingerprint density at radius 1 is 1.37 bits per heavy atom. The Kier molecular flexibility index (Phi) is 4.35. The van der Waals surface area contributed by atoms with E-state index in [-0.39, 0.29) is 0 Å². The van der Waals surface area contributed by atoms with E-state index in [2.05, 4.69) is 34.6 Å². The van der Waals surface area contributed by atoms with Crippen molar-refractivity contribution in [2.24, 2.45) is 0 Å². The van der Waals surface area contributed by atoms with Gasteiger partial charge in [0, 0.05) is 6.54 Å². The molecule has 0 aliphatic rings. The maximum absolute atomic E-state index is 9.09. The van der Waals surface area contributed by atoms with Crippen LogP contribution in [0.3, 0.4) is 0 Å². The van der Waals surface area contributed by atoms with Gasteiger partial charge < -0.3 is 14.5 Å². The maximum Gasteiger partial charge on any atom is 0.178 e. The van der Waals surface area contributed by atoms with Crippen molar-refractivity contribution in [1.29, 1.82) is 5.26 Å². The first kappa shape index (κ1) is 13.8. The first-order chi connectivity index (χ1) is 9.13. The van der Waals surface area contributed by atoms with Crippen LogP contribution in [0, 0.1) is 16.1 Å². The number of hydrogen-bond donors (Lipinski definition) is 1. The van der Waals surface area contributed by atoms with Gasteiger partial charge in [-0.05, 0) is 57.8 Å². The van der Waals surface area contributed by atoms with E-state index >= 15 is 0 Å². The highest BCUT2D eigenvalue weighted by atomic mass is 32.1. The van der Waals surface area contributed by atoms with Crippen molar-refractivity contribution >= 4 is 23.3 Å². The summed E-state index contributed by atoms with van der Waals surface area (Å²) in [6.45, 7) is 1.97. The van der Waals surface area contributed by atoms with Gasteiger partial charge in [0.25, 0.3) is 0 Å². The Labute approximate surface area is 118 Å². The number of hydrogen-bond acceptors (Lipinski definition) is 3. The predicted octanol–water partition coefficient (Wildman–Crippen LogP) is 2.91. The second kappa shape index (κ2) is 6.00. The van der Waals surface area contributed by atoms with Gasteiger partial charge in [-0.15, -0.1) is 0 Å². The standard InChI is InChI=1S/C14H18N4S/c1-17(2)8-3-4-9-18-12-7-5-6-11(10-15)13(12)16-14(18)19/h5-7H,3-4,8-9H2,1-2H3,(H,16,19). The molecule has 0 radical (unpaired) electrons. The highest BCUT2D eigenvalue weighted by molar-refractivity contribution is 7.71. The number of aromatic nitrogens is 2. The van der Waals surface area contributed by atoms with E-state index in [9.17, 15) is 0 Å². The summed E-state index contributed by atoms with van der Waals surface area (Å²) in [6.07, 6.45) is 2.22. The van der Waals surface area contributed by atoms with Crippen LogP contribution in [0.5, 0.6) is 0 Å². The maximum atomic E-state index is 9.09. The van der Waals surface area contributed by atoms with Gasteiger partial charge in [0.1, 0.15) is 6.07 Å². The first-order valence-electron chi connectivity index (χ1n) is 6.40. The third kappa shape index (κ3) is 3.03. The van der Waals surface area contributed by atoms with Gasteiger partial charge in [0.05, 0.1) is 16.6 Å². The molecule has 0 aliphatic heterocycles. The molecule has 1 heterocycles. The Balaban J connectivity index is 2.22. The number of fused-ring (bicyclic) bond motifs is 1. The van der Waals surface area contributed by atoms with Crippen molar-refractivity contribution in [3.05, 3.63) is 28.5 Å². The molecule has 2 aromatic rings. The van der Waals surface area contributed by atoms with Gasteiger partial charge in [0.2, 0.25) is 0 Å². The van der Waals surface area contributed by atoms with Crippen LogP contribution in [0.25, 0.3) is 11.0 Å². The van der Waals surface area contributed by atoms with Crippen LogP contribution in [0.1, 0.15) is 18.4 Å². The van der Waals surface area contributed by atoms with Gasteiger partial charge in [0.15, 0.2) is 4.77 Å². The molecule has 0 saturated carbocycles. The van der Waals surface area contributed by atoms with Gasteiger partial charge in [-0.1, -0.05) is 6.07 Å². The lowest BCUT2D eigenvalue weighted by molar-refractivity contribution is 0.388. The van der Waals surface area contributed by atoms with E-state index < -0.39 is 0 Å². The summed E-state index contributed by atoms with van der Waals surface area (Å²) in [5.41, 5.74) is 2.52. The summed E-state index contributed by atoms with van der Waals surface area (Å²) in [5, 5.41) is 9.09. The zero-order chi connectivity index (χ0) is 13.8. The van der Waals surface area contributed by atoms with E-state index in [4.69, 9.17) is 17.5 Å². The summed E-state index contributed by atoms with van der Waals surface area (Å²) < 4.78 is 2.78. The number of nitrogens with one attached hydrogen (secondary N) is 1. The molecular weight excluding hydrogens is 256 g/mol. The lowest BCUT2D eigenvalue weighted by Gasteiger charge is -2.09. The molecule has 0 spiro atoms. The summed E-state index contributed by atoms with van der Waals surface area (Å²) in [6, 6.07) is 7.92. The molecule has 0 saturated heterocycles. The van der Waals surface area contributed by atoms with Crippen molar-refractivity contribution in [3.8, 4) is 6.07 Å². The third-order valence-electron chi connectivity index (χ3n) is 3.17. The number of rotatable bonds is 5. The van der Waals surface area contributed by atoms with Gasteiger partial charge in [-0.2, -0.15) is 5.26 Å². The first-order valence-corrected chi connectivity index (χ1v) is 6.80. The third-order valence-corrected chi connectivity index (χ3v) is 3.49. The van der Waals surface area contributed by atoms with Crippen molar-refractivity contribution in [2.75, 3.05) is 20.6 Å². The molecule has 19 heavy (non-hydrogen) atoms. The molecule has 0 fully saturated rings. The number of benzene rings is 1. The van der Waals surface area contributed by atoms with E-state index in [0.717, 1.165) is 37.0 Å². The van der Waals surface area contributed by atoms with Crippen LogP contribution in [0.2, 0.25) is 0 Å². The summed E-state index contributed by atoms with van der Waals surface area (Å²) in [5.74, 6) is 0. The predicted molar refractivity (Wildman–Crippen MR) is 79.6 cm³/mol. The van der Waals surface area contributed by atoms with Crippen molar-refractivity contribution in [2.45, 2.75) is 19.4 Å². The molecule has 5 heteroatoms. The smallest absolute Gasteiger partial charge is 0.178 e. The zero-order valence-corrected chi connectivity index (χ0v) is 12.1. The molecule has 2 rings (SSSR count). The second-order valence-electron chi connectivity index (χ2n) is 4.90. The Bertz CT molecular complexity index is 660. The van der Waals surface area contributed by atoms with Crippen LogP contribution >= 0.6 is 12.2 Å². The molecular formula is C14H18N4S. The zero-order valence-electron chi connectivity index (χ0n) is 11.3. The monoisotopic (exact) mass is 274 g/mol. The number of aromatic amines is 1. The average Bonchev–Trinajstić information content (AvgIpc) is 2.70. The van der Waals surface area contributed by atoms with Gasteiger partial charge >= 0.3 is 0 Å². The van der Waals surface area contributed by atoms with Crippen LogP contribution in [-0.2, 0) is 6.54 Å². The van der Waals surface area contributed by atoms with Crippen molar-refractivity contribution < 1.29 is 0 Å². The van der Waals surface area contributed by atoms with Gasteiger partial charge in [-0.25, -0.2) is 0 Å². The number of aryl methyl sites for hydroxylation is 1. The molecule has 0 unspecified atom stereocenters. The van der Waals surface area contributed by atoms with E-state index in [1.54, 1.807) is 0 Å². The molecule has 100 valence electrons. The quantitative estimate of drug-likeness (QED) is 0.673. The fraction of sp³-hybridized carbons (Fsp3) is 0.429. The van der Waals surface area contributed by atoms with Crippen molar-refractivity contribution in [1.82, 2.24) is 14.5 Å². The lowest BCUT2D eigenvalue weighted by Crippen LogP contribution is -2.13. The van der Waals surface area contributed by atoms with Crippen LogP contribution in [0.15, 0.2) is 18.2 Å². The lowest BCUT2D eigenvalue weighted by atomic mass is 10.2. The summed E-state index contributed by atoms with van der Waals surface area (Å²) in [7, 11) is 4.16. The minimum absolute atomic E-state index is 0.649. The van der Waals surface area contributed by atoms with Crippen LogP contribution < -0.4 is 0 Å². The van der Waals surface area contributed by atoms with Crippen LogP contribution in [0.4, 0.5) is 0 Å². The number of unbranched alkanes of at least 4 members (excludes halogenated alkanes) is 1. The SMILES string of the molecule is CN(C)CCCCn1c(=S)[nH]c2c(C#N)cccc21. The molecule has 1 aromatic carbocycles. The normalized spacial score (nSPS) is 11.1. The molecule has 1 aromatic heterocycles. The molecule has 1 N–H and O–H groups in total. The number of nitriles is 1. The van der Waals surface area contributed by atoms with E-state index in [1.165, 1.54) is 0 Å². The Morgan fingerprint density at radius 3 is 2.84 bits per heavy atom. The molecule has 4 nitrogen and oxygen atoms in total. The molecule has 0 bridgehead atoms. The number of imidazole rings is 1. The minimum Gasteiger partial charge on any atom is -0.329 e. The number of para-hydroxylation sites is 1. The molecule has 0 aliphatic carbocycles. The topological polar surface area (TPSA) is 47.8 Å². The largest absolute Gasteiger partial charge is 0.329 e. The van der Waals surface area contributed by atoms with Crippen molar-refractivity contribution in [3.63, 3.8) is 0 Å². The fourth-order valence-corrected chi connectivity index (χ4v) is 2.49. The molecule has 0 atom stereocenters. The minimum atomic E-state index is 0.649. The second-order valence-corrected chi connectivity index (χ2v) is 5.29. The summed E-state index contributed by atoms with van der Waals surface area (Å²) >= 11 is 5.35. The van der Waals surface area contributed by atoms with E-state index in [1.807, 2.05) is 18.2 Å². The Morgan fingerprint density at radius 2 is 2.16 bits per heavy atom. The van der Waals surface area contributed by atoms with Gasteiger partial charge in [-0.3, -0.25) is 0 Å². The van der Waals surface area contributed by atoms with Crippen LogP contribution in [-0.4, -0.2) is 35.1 Å². The van der Waals surface area contributed by atoms with E-state index in [0.29, 0.717) is 10.3 Å². The average molecular weight is 274 g/mol. The number of nitrogens with zero attached hydrogens (tertiary/aromatic N) is 3. The highest BCUT2D eigenvalue weighted by Gasteiger charge is 2.07. The molecule has 0 amide bonds.